The molecular formula is C21H19Cl2N3O3. The summed E-state index contributed by atoms with van der Waals surface area (Å²) in [7, 11) is 0. The monoisotopic (exact) mass is 431 g/mol. The fourth-order valence-electron chi connectivity index (χ4n) is 3.93. The zero-order valence-electron chi connectivity index (χ0n) is 15.5. The maximum Gasteiger partial charge on any atom is 0.323 e. The number of imide groups is 1. The van der Waals surface area contributed by atoms with E-state index in [4.69, 9.17) is 23.2 Å². The number of hydrogen-bond acceptors (Lipinski definition) is 3. The third-order valence-electron chi connectivity index (χ3n) is 5.24. The van der Waals surface area contributed by atoms with Crippen LogP contribution in [0.4, 0.5) is 16.2 Å². The molecule has 2 aromatic carbocycles. The fourth-order valence-corrected chi connectivity index (χ4v) is 4.45. The maximum absolute atomic E-state index is 12.9. The van der Waals surface area contributed by atoms with Gasteiger partial charge >= 0.3 is 6.03 Å². The van der Waals surface area contributed by atoms with E-state index in [1.165, 1.54) is 4.90 Å². The lowest BCUT2D eigenvalue weighted by molar-refractivity contribution is 0.0549. The van der Waals surface area contributed by atoms with Gasteiger partial charge in [0.1, 0.15) is 0 Å². The number of rotatable bonds is 3. The summed E-state index contributed by atoms with van der Waals surface area (Å²) in [6, 6.07) is 8.90. The van der Waals surface area contributed by atoms with Crippen molar-refractivity contribution >= 4 is 52.4 Å². The highest BCUT2D eigenvalue weighted by molar-refractivity contribution is 6.35. The van der Waals surface area contributed by atoms with Crippen LogP contribution in [0.15, 0.2) is 36.4 Å². The molecule has 4 rings (SSSR count). The molecule has 6 nitrogen and oxygen atoms in total. The molecule has 0 spiro atoms. The van der Waals surface area contributed by atoms with Gasteiger partial charge in [-0.1, -0.05) is 42.5 Å². The Labute approximate surface area is 178 Å². The first-order valence-electron chi connectivity index (χ1n) is 9.48. The number of urea groups is 1. The summed E-state index contributed by atoms with van der Waals surface area (Å²) < 4.78 is 0. The number of fused-ring (bicyclic) bond motifs is 1. The van der Waals surface area contributed by atoms with E-state index in [1.807, 2.05) is 0 Å². The van der Waals surface area contributed by atoms with Crippen LogP contribution in [0, 0.1) is 0 Å². The molecule has 0 unspecified atom stereocenters. The summed E-state index contributed by atoms with van der Waals surface area (Å²) in [5.41, 5.74) is 1.56. The van der Waals surface area contributed by atoms with Gasteiger partial charge in [-0.3, -0.25) is 14.5 Å². The molecule has 0 radical (unpaired) electrons. The molecule has 2 aliphatic rings. The highest BCUT2D eigenvalue weighted by atomic mass is 35.5. The van der Waals surface area contributed by atoms with Crippen LogP contribution in [-0.4, -0.2) is 28.8 Å². The van der Waals surface area contributed by atoms with E-state index < -0.39 is 6.03 Å². The van der Waals surface area contributed by atoms with E-state index >= 15 is 0 Å². The minimum Gasteiger partial charge on any atom is -0.308 e. The molecule has 0 bridgehead atoms. The molecule has 2 aromatic rings. The van der Waals surface area contributed by atoms with Crippen LogP contribution in [0.1, 0.15) is 52.8 Å². The highest BCUT2D eigenvalue weighted by Crippen LogP contribution is 2.32. The summed E-state index contributed by atoms with van der Waals surface area (Å²) in [6.45, 7) is 0. The molecular weight excluding hydrogens is 413 g/mol. The standard InChI is InChI=1S/C21H19Cl2N3O3/c22-12-8-13(23)10-15(9-12)25-21(29)24-14-6-7-17-18(11-14)20(28)26(19(17)27)16-4-2-1-3-5-16/h6-11,16H,1-5H2,(H2,24,25,29). The largest absolute Gasteiger partial charge is 0.323 e. The number of carbonyl (C=O) groups is 3. The van der Waals surface area contributed by atoms with Gasteiger partial charge in [-0.05, 0) is 49.2 Å². The van der Waals surface area contributed by atoms with E-state index in [1.54, 1.807) is 36.4 Å². The quantitative estimate of drug-likeness (QED) is 0.623. The number of anilines is 2. The second kappa shape index (κ2) is 8.05. The van der Waals surface area contributed by atoms with E-state index in [2.05, 4.69) is 10.6 Å². The van der Waals surface area contributed by atoms with Crippen molar-refractivity contribution in [2.75, 3.05) is 10.6 Å². The first-order valence-corrected chi connectivity index (χ1v) is 10.2. The van der Waals surface area contributed by atoms with Crippen LogP contribution in [0.2, 0.25) is 10.0 Å². The fraction of sp³-hybridized carbons (Fsp3) is 0.286. The lowest BCUT2D eigenvalue weighted by Gasteiger charge is -2.29. The first kappa shape index (κ1) is 19.7. The number of hydrogen-bond donors (Lipinski definition) is 2. The van der Waals surface area contributed by atoms with Crippen molar-refractivity contribution in [3.05, 3.63) is 57.6 Å². The Morgan fingerprint density at radius 1 is 0.828 bits per heavy atom. The topological polar surface area (TPSA) is 78.5 Å². The summed E-state index contributed by atoms with van der Waals surface area (Å²) in [5.74, 6) is -0.538. The molecule has 1 saturated carbocycles. The van der Waals surface area contributed by atoms with Crippen LogP contribution >= 0.6 is 23.2 Å². The summed E-state index contributed by atoms with van der Waals surface area (Å²) in [6.07, 6.45) is 4.89. The zero-order valence-corrected chi connectivity index (χ0v) is 17.0. The Bertz CT molecular complexity index is 982. The molecule has 8 heteroatoms. The van der Waals surface area contributed by atoms with Crippen molar-refractivity contribution in [3.63, 3.8) is 0 Å². The molecule has 0 aromatic heterocycles. The average molecular weight is 432 g/mol. The van der Waals surface area contributed by atoms with E-state index in [0.717, 1.165) is 32.1 Å². The Morgan fingerprint density at radius 3 is 2.14 bits per heavy atom. The molecule has 2 N–H and O–H groups in total. The van der Waals surface area contributed by atoms with E-state index in [9.17, 15) is 14.4 Å². The van der Waals surface area contributed by atoms with Crippen molar-refractivity contribution in [1.29, 1.82) is 0 Å². The number of nitrogens with zero attached hydrogens (tertiary/aromatic N) is 1. The van der Waals surface area contributed by atoms with Crippen molar-refractivity contribution in [3.8, 4) is 0 Å². The van der Waals surface area contributed by atoms with E-state index in [-0.39, 0.29) is 17.9 Å². The van der Waals surface area contributed by atoms with Crippen LogP contribution in [0.25, 0.3) is 0 Å². The molecule has 0 saturated heterocycles. The number of nitrogens with one attached hydrogen (secondary N) is 2. The average Bonchev–Trinajstić information content (AvgIpc) is 2.91. The smallest absolute Gasteiger partial charge is 0.308 e. The van der Waals surface area contributed by atoms with Gasteiger partial charge in [0.15, 0.2) is 0 Å². The van der Waals surface area contributed by atoms with Crippen molar-refractivity contribution in [1.82, 2.24) is 4.90 Å². The summed E-state index contributed by atoms with van der Waals surface area (Å²) >= 11 is 11.9. The van der Waals surface area contributed by atoms with Gasteiger partial charge in [0.2, 0.25) is 0 Å². The molecule has 0 atom stereocenters. The third kappa shape index (κ3) is 4.09. The second-order valence-electron chi connectivity index (χ2n) is 7.27. The Morgan fingerprint density at radius 2 is 1.45 bits per heavy atom. The lowest BCUT2D eigenvalue weighted by atomic mass is 9.94. The maximum atomic E-state index is 12.9. The van der Waals surface area contributed by atoms with Gasteiger partial charge < -0.3 is 10.6 Å². The van der Waals surface area contributed by atoms with Gasteiger partial charge in [-0.25, -0.2) is 4.79 Å². The number of carbonyl (C=O) groups excluding carboxylic acids is 3. The SMILES string of the molecule is O=C(Nc1cc(Cl)cc(Cl)c1)Nc1ccc2c(c1)C(=O)N(C1CCCCC1)C2=O. The Kier molecular flexibility index (Phi) is 5.48. The van der Waals surface area contributed by atoms with Crippen LogP contribution in [0.3, 0.4) is 0 Å². The first-order chi connectivity index (χ1) is 13.9. The number of amides is 4. The van der Waals surface area contributed by atoms with Gasteiger partial charge in [0, 0.05) is 27.5 Å². The number of benzene rings is 2. The van der Waals surface area contributed by atoms with Crippen molar-refractivity contribution in [2.45, 2.75) is 38.1 Å². The van der Waals surface area contributed by atoms with Gasteiger partial charge in [0.25, 0.3) is 11.8 Å². The highest BCUT2D eigenvalue weighted by Gasteiger charge is 2.40. The predicted octanol–water partition coefficient (Wildman–Crippen LogP) is 5.57. The van der Waals surface area contributed by atoms with Crippen molar-refractivity contribution < 1.29 is 14.4 Å². The van der Waals surface area contributed by atoms with Gasteiger partial charge in [0.05, 0.1) is 11.1 Å². The molecule has 1 aliphatic carbocycles. The second-order valence-corrected chi connectivity index (χ2v) is 8.14. The van der Waals surface area contributed by atoms with Crippen LogP contribution in [-0.2, 0) is 0 Å². The molecule has 150 valence electrons. The lowest BCUT2D eigenvalue weighted by Crippen LogP contribution is -2.40. The molecule has 4 amide bonds. The predicted molar refractivity (Wildman–Crippen MR) is 113 cm³/mol. The normalized spacial score (nSPS) is 16.7. The minimum atomic E-state index is -0.510. The zero-order chi connectivity index (χ0) is 20.5. The summed E-state index contributed by atoms with van der Waals surface area (Å²) in [5, 5.41) is 6.11. The molecule has 1 aliphatic heterocycles. The van der Waals surface area contributed by atoms with Gasteiger partial charge in [-0.15, -0.1) is 0 Å². The summed E-state index contributed by atoms with van der Waals surface area (Å²) in [4.78, 5) is 39.3. The van der Waals surface area contributed by atoms with E-state index in [0.29, 0.717) is 32.5 Å². The minimum absolute atomic E-state index is 0.0385. The van der Waals surface area contributed by atoms with Gasteiger partial charge in [-0.2, -0.15) is 0 Å². The van der Waals surface area contributed by atoms with Crippen LogP contribution < -0.4 is 10.6 Å². The molecule has 1 fully saturated rings. The van der Waals surface area contributed by atoms with Crippen LogP contribution in [0.5, 0.6) is 0 Å². The molecule has 1 heterocycles. The molecule has 29 heavy (non-hydrogen) atoms. The Balaban J connectivity index is 1.49. The third-order valence-corrected chi connectivity index (χ3v) is 5.67. The van der Waals surface area contributed by atoms with Crippen molar-refractivity contribution in [2.24, 2.45) is 0 Å². The Hall–Kier alpha value is -2.57. The number of halogens is 2.